The lowest BCUT2D eigenvalue weighted by Crippen LogP contribution is -2.37. The van der Waals surface area contributed by atoms with Crippen LogP contribution in [0.4, 0.5) is 4.79 Å². The molecule has 158 valence electrons. The molecule has 0 bridgehead atoms. The zero-order valence-corrected chi connectivity index (χ0v) is 17.1. The normalized spacial score (nSPS) is 13.1. The molecule has 31 heavy (non-hydrogen) atoms. The number of rotatable bonds is 7. The number of amides is 1. The summed E-state index contributed by atoms with van der Waals surface area (Å²) >= 11 is 0. The number of nitrogens with one attached hydrogen (secondary N) is 1. The maximum atomic E-state index is 12.3. The molecule has 4 rings (SSSR count). The van der Waals surface area contributed by atoms with Gasteiger partial charge in [0.2, 0.25) is 0 Å². The molecule has 3 aromatic rings. The predicted molar refractivity (Wildman–Crippen MR) is 117 cm³/mol. The summed E-state index contributed by atoms with van der Waals surface area (Å²) in [6, 6.07) is 22.2. The molecule has 6 nitrogen and oxygen atoms in total. The monoisotopic (exact) mass is 417 g/mol. The number of carboxylic acids is 1. The van der Waals surface area contributed by atoms with Gasteiger partial charge in [-0.2, -0.15) is 0 Å². The van der Waals surface area contributed by atoms with E-state index in [1.165, 1.54) is 23.3 Å². The number of ether oxygens (including phenoxy) is 2. The minimum atomic E-state index is -0.989. The molecule has 0 heterocycles. The summed E-state index contributed by atoms with van der Waals surface area (Å²) in [4.78, 5) is 23.2. The molecule has 0 fully saturated rings. The summed E-state index contributed by atoms with van der Waals surface area (Å²) in [6.07, 6.45) is -0.501. The highest BCUT2D eigenvalue weighted by Crippen LogP contribution is 2.44. The Morgan fingerprint density at radius 2 is 1.52 bits per heavy atom. The second-order valence-corrected chi connectivity index (χ2v) is 7.51. The van der Waals surface area contributed by atoms with Crippen LogP contribution in [0.1, 0.15) is 34.3 Å². The Morgan fingerprint density at radius 3 is 2.10 bits per heavy atom. The van der Waals surface area contributed by atoms with E-state index in [9.17, 15) is 9.59 Å². The first-order valence-electron chi connectivity index (χ1n) is 10.1. The number of fused-ring (bicyclic) bond motifs is 3. The largest absolute Gasteiger partial charge is 0.491 e. The van der Waals surface area contributed by atoms with Gasteiger partial charge in [-0.25, -0.2) is 9.59 Å². The van der Waals surface area contributed by atoms with E-state index in [0.29, 0.717) is 5.75 Å². The number of alkyl carbamates (subject to hydrolysis) is 1. The van der Waals surface area contributed by atoms with Crippen molar-refractivity contribution in [3.8, 4) is 16.9 Å². The number of benzene rings is 3. The van der Waals surface area contributed by atoms with Crippen molar-refractivity contribution in [2.75, 3.05) is 13.2 Å². The van der Waals surface area contributed by atoms with Gasteiger partial charge in [0.25, 0.3) is 0 Å². The molecule has 3 aromatic carbocycles. The summed E-state index contributed by atoms with van der Waals surface area (Å²) in [6.45, 7) is 2.30. The van der Waals surface area contributed by atoms with Crippen LogP contribution in [0.25, 0.3) is 11.1 Å². The van der Waals surface area contributed by atoms with Crippen molar-refractivity contribution in [2.45, 2.75) is 18.9 Å². The Bertz CT molecular complexity index is 1050. The van der Waals surface area contributed by atoms with Gasteiger partial charge in [0.15, 0.2) is 0 Å². The van der Waals surface area contributed by atoms with Crippen molar-refractivity contribution in [1.29, 1.82) is 0 Å². The molecule has 6 heteroatoms. The number of aromatic carboxylic acids is 1. The van der Waals surface area contributed by atoms with Crippen LogP contribution in [0.5, 0.6) is 5.75 Å². The van der Waals surface area contributed by atoms with Crippen LogP contribution < -0.4 is 10.1 Å². The molecular formula is C25H23NO5. The van der Waals surface area contributed by atoms with E-state index in [0.717, 1.165) is 11.1 Å². The van der Waals surface area contributed by atoms with Crippen LogP contribution in [0.3, 0.4) is 0 Å². The first kappa shape index (κ1) is 20.5. The SMILES string of the molecule is CC(COc1ccc(C(=O)O)cc1)NC(=O)OCC1c2ccccc2-c2ccccc21. The first-order chi connectivity index (χ1) is 15.0. The van der Waals surface area contributed by atoms with Crippen molar-refractivity contribution in [3.05, 3.63) is 89.5 Å². The van der Waals surface area contributed by atoms with E-state index in [1.54, 1.807) is 12.1 Å². The fraction of sp³-hybridized carbons (Fsp3) is 0.200. The molecule has 1 amide bonds. The highest BCUT2D eigenvalue weighted by molar-refractivity contribution is 5.87. The standard InChI is InChI=1S/C25H23NO5/c1-16(14-30-18-12-10-17(11-13-18)24(27)28)26-25(29)31-15-23-21-8-4-2-6-19(21)20-7-3-5-9-22(20)23/h2-13,16,23H,14-15H2,1H3,(H,26,29)(H,27,28). The molecule has 1 unspecified atom stereocenters. The van der Waals surface area contributed by atoms with Gasteiger partial charge in [-0.3, -0.25) is 0 Å². The summed E-state index contributed by atoms with van der Waals surface area (Å²) in [5.74, 6) is -0.444. The fourth-order valence-corrected chi connectivity index (χ4v) is 3.80. The smallest absolute Gasteiger partial charge is 0.407 e. The quantitative estimate of drug-likeness (QED) is 0.583. The summed E-state index contributed by atoms with van der Waals surface area (Å²) in [7, 11) is 0. The molecule has 0 saturated carbocycles. The summed E-state index contributed by atoms with van der Waals surface area (Å²) in [5.41, 5.74) is 4.89. The second-order valence-electron chi connectivity index (χ2n) is 7.51. The van der Waals surface area contributed by atoms with Gasteiger partial charge in [0.05, 0.1) is 11.6 Å². The highest BCUT2D eigenvalue weighted by Gasteiger charge is 2.29. The summed E-state index contributed by atoms with van der Waals surface area (Å²) < 4.78 is 11.1. The zero-order chi connectivity index (χ0) is 21.8. The van der Waals surface area contributed by atoms with E-state index in [2.05, 4.69) is 29.6 Å². The van der Waals surface area contributed by atoms with E-state index in [1.807, 2.05) is 31.2 Å². The molecule has 1 aliphatic rings. The lowest BCUT2D eigenvalue weighted by atomic mass is 9.98. The van der Waals surface area contributed by atoms with E-state index >= 15 is 0 Å². The second kappa shape index (κ2) is 8.92. The topological polar surface area (TPSA) is 84.9 Å². The third-order valence-electron chi connectivity index (χ3n) is 5.31. The van der Waals surface area contributed by atoms with Crippen LogP contribution in [-0.4, -0.2) is 36.4 Å². The molecule has 0 aliphatic heterocycles. The maximum absolute atomic E-state index is 12.3. The van der Waals surface area contributed by atoms with Crippen molar-refractivity contribution in [2.24, 2.45) is 0 Å². The Morgan fingerprint density at radius 1 is 0.935 bits per heavy atom. The van der Waals surface area contributed by atoms with Gasteiger partial charge in [-0.1, -0.05) is 48.5 Å². The Balaban J connectivity index is 1.30. The van der Waals surface area contributed by atoms with Crippen LogP contribution in [0, 0.1) is 0 Å². The number of carbonyl (C=O) groups is 2. The molecule has 1 aliphatic carbocycles. The Hall–Kier alpha value is -3.80. The van der Waals surface area contributed by atoms with E-state index in [4.69, 9.17) is 14.6 Å². The van der Waals surface area contributed by atoms with Gasteiger partial charge < -0.3 is 19.9 Å². The lowest BCUT2D eigenvalue weighted by Gasteiger charge is -2.17. The van der Waals surface area contributed by atoms with Crippen molar-refractivity contribution < 1.29 is 24.2 Å². The van der Waals surface area contributed by atoms with Gasteiger partial charge in [0, 0.05) is 5.92 Å². The van der Waals surface area contributed by atoms with Crippen molar-refractivity contribution in [1.82, 2.24) is 5.32 Å². The highest BCUT2D eigenvalue weighted by atomic mass is 16.5. The zero-order valence-electron chi connectivity index (χ0n) is 17.1. The average Bonchev–Trinajstić information content (AvgIpc) is 3.10. The molecule has 0 aromatic heterocycles. The number of hydrogen-bond donors (Lipinski definition) is 2. The van der Waals surface area contributed by atoms with Crippen LogP contribution in [-0.2, 0) is 4.74 Å². The molecule has 0 saturated heterocycles. The van der Waals surface area contributed by atoms with Crippen LogP contribution in [0.15, 0.2) is 72.8 Å². The van der Waals surface area contributed by atoms with Gasteiger partial charge in [-0.15, -0.1) is 0 Å². The number of hydrogen-bond acceptors (Lipinski definition) is 4. The molecule has 2 N–H and O–H groups in total. The molecule has 0 radical (unpaired) electrons. The first-order valence-corrected chi connectivity index (χ1v) is 10.1. The predicted octanol–water partition coefficient (Wildman–Crippen LogP) is 4.69. The van der Waals surface area contributed by atoms with E-state index in [-0.39, 0.29) is 30.7 Å². The van der Waals surface area contributed by atoms with Gasteiger partial charge in [-0.05, 0) is 53.4 Å². The van der Waals surface area contributed by atoms with Gasteiger partial charge in [0.1, 0.15) is 19.0 Å². The molecular weight excluding hydrogens is 394 g/mol. The Labute approximate surface area is 180 Å². The Kier molecular flexibility index (Phi) is 5.89. The van der Waals surface area contributed by atoms with Gasteiger partial charge >= 0.3 is 12.1 Å². The number of carboxylic acid groups (broad SMARTS) is 1. The van der Waals surface area contributed by atoms with Crippen LogP contribution in [0.2, 0.25) is 0 Å². The fourth-order valence-electron chi connectivity index (χ4n) is 3.80. The third kappa shape index (κ3) is 4.53. The third-order valence-corrected chi connectivity index (χ3v) is 5.31. The van der Waals surface area contributed by atoms with E-state index < -0.39 is 12.1 Å². The minimum Gasteiger partial charge on any atom is -0.491 e. The summed E-state index contributed by atoms with van der Waals surface area (Å²) in [5, 5.41) is 11.7. The van der Waals surface area contributed by atoms with Crippen LogP contribution >= 0.6 is 0 Å². The lowest BCUT2D eigenvalue weighted by molar-refractivity contribution is 0.0696. The maximum Gasteiger partial charge on any atom is 0.407 e. The van der Waals surface area contributed by atoms with Crippen molar-refractivity contribution >= 4 is 12.1 Å². The molecule has 0 spiro atoms. The minimum absolute atomic E-state index is 0.0115. The number of carbonyl (C=O) groups excluding carboxylic acids is 1. The van der Waals surface area contributed by atoms with Crippen molar-refractivity contribution in [3.63, 3.8) is 0 Å². The molecule has 1 atom stereocenters. The average molecular weight is 417 g/mol.